The molecule has 0 N–H and O–H groups in total. The van der Waals surface area contributed by atoms with E-state index in [-0.39, 0.29) is 82.9 Å². The Hall–Kier alpha value is 1.98. The number of hydrogen-bond acceptors (Lipinski definition) is 0. The molecule has 0 saturated carbocycles. The predicted molar refractivity (Wildman–Crippen MR) is 2.06 cm³/mol. The van der Waals surface area contributed by atoms with E-state index in [1.54, 1.807) is 0 Å². The van der Waals surface area contributed by atoms with Crippen LogP contribution in [0.1, 0.15) is 0 Å². The van der Waals surface area contributed by atoms with Gasteiger partial charge in [0, 0.05) is 0 Å². The van der Waals surface area contributed by atoms with Crippen LogP contribution < -0.4 is 0 Å². The van der Waals surface area contributed by atoms with Gasteiger partial charge in [-0.1, -0.05) is 0 Å². The fourth-order valence-corrected chi connectivity index (χ4v) is 0. The van der Waals surface area contributed by atoms with Gasteiger partial charge >= 0.3 is 66.4 Å². The minimum absolute atomic E-state index is 0. The zero-order valence-corrected chi connectivity index (χ0v) is 5.49. The van der Waals surface area contributed by atoms with Gasteiger partial charge in [-0.25, -0.2) is 0 Å². The van der Waals surface area contributed by atoms with Crippen molar-refractivity contribution in [1.82, 2.24) is 0 Å². The van der Waals surface area contributed by atoms with Crippen LogP contribution in [0, 0.1) is 49.4 Å². The molecule has 0 bridgehead atoms. The molecule has 1 radical (unpaired) electrons. The SMILES string of the molecule is [Eu+3].[Fe+3].[O-2].[O-2].[O-2]. The first-order valence-corrected chi connectivity index (χ1v) is 0. The van der Waals surface area contributed by atoms with E-state index in [2.05, 4.69) is 0 Å². The van der Waals surface area contributed by atoms with E-state index < -0.39 is 0 Å². The van der Waals surface area contributed by atoms with E-state index in [0.29, 0.717) is 0 Å². The number of hydrogen-bond donors (Lipinski definition) is 0. The quantitative estimate of drug-likeness (QED) is 0.530. The van der Waals surface area contributed by atoms with Crippen molar-refractivity contribution in [3.63, 3.8) is 0 Å². The molecular weight excluding hydrogens is 256 g/mol. The molecule has 0 aromatic heterocycles. The summed E-state index contributed by atoms with van der Waals surface area (Å²) in [7, 11) is 0. The summed E-state index contributed by atoms with van der Waals surface area (Å²) in [5.74, 6) is 0. The maximum absolute atomic E-state index is 0. The van der Waals surface area contributed by atoms with Crippen LogP contribution in [0.2, 0.25) is 0 Å². The molecule has 0 aromatic rings. The van der Waals surface area contributed by atoms with Gasteiger partial charge in [-0.15, -0.1) is 0 Å². The molecule has 0 amide bonds. The van der Waals surface area contributed by atoms with Crippen molar-refractivity contribution >= 4 is 0 Å². The standard InChI is InChI=1S/Eu.Fe.3O/q2*+3;3*-2. The van der Waals surface area contributed by atoms with Crippen molar-refractivity contribution < 1.29 is 82.9 Å². The maximum Gasteiger partial charge on any atom is 3.00 e. The minimum Gasteiger partial charge on any atom is -2.00 e. The van der Waals surface area contributed by atoms with Gasteiger partial charge in [-0.3, -0.25) is 0 Å². The maximum atomic E-state index is 0. The molecule has 0 saturated heterocycles. The smallest absolute Gasteiger partial charge is 2.00 e. The fraction of sp³-hybridized carbons (Fsp3) is 0. The van der Waals surface area contributed by atoms with Crippen LogP contribution in [0.3, 0.4) is 0 Å². The zero-order chi connectivity index (χ0) is 0. The Balaban J connectivity index is 0. The van der Waals surface area contributed by atoms with Crippen molar-refractivity contribution in [2.75, 3.05) is 0 Å². The van der Waals surface area contributed by atoms with Gasteiger partial charge in [0.05, 0.1) is 0 Å². The molecule has 0 aromatic carbocycles. The van der Waals surface area contributed by atoms with Crippen molar-refractivity contribution in [3.8, 4) is 0 Å². The van der Waals surface area contributed by atoms with Crippen LogP contribution in [0.15, 0.2) is 0 Å². The van der Waals surface area contributed by atoms with Crippen LogP contribution >= 0.6 is 0 Å². The molecule has 0 unspecified atom stereocenters. The van der Waals surface area contributed by atoms with Crippen molar-refractivity contribution in [3.05, 3.63) is 0 Å². The van der Waals surface area contributed by atoms with Crippen molar-refractivity contribution in [1.29, 1.82) is 0 Å². The van der Waals surface area contributed by atoms with Crippen LogP contribution in [0.5, 0.6) is 0 Å². The molecule has 5 heavy (non-hydrogen) atoms. The van der Waals surface area contributed by atoms with E-state index in [9.17, 15) is 0 Å². The fourth-order valence-electron chi connectivity index (χ4n) is 0. The average Bonchev–Trinajstić information content (AvgIpc) is 0. The van der Waals surface area contributed by atoms with Crippen LogP contribution in [0.4, 0.5) is 0 Å². The summed E-state index contributed by atoms with van der Waals surface area (Å²) in [6.07, 6.45) is 0. The average molecular weight is 256 g/mol. The molecule has 0 aliphatic carbocycles. The molecule has 0 atom stereocenters. The van der Waals surface area contributed by atoms with Crippen molar-refractivity contribution in [2.24, 2.45) is 0 Å². The largest absolute Gasteiger partial charge is 3.00 e. The molecule has 0 fully saturated rings. The topological polar surface area (TPSA) is 85.5 Å². The summed E-state index contributed by atoms with van der Waals surface area (Å²) in [6.45, 7) is 0. The summed E-state index contributed by atoms with van der Waals surface area (Å²) < 4.78 is 0. The molecule has 0 aliphatic heterocycles. The third-order valence-electron chi connectivity index (χ3n) is 0. The number of rotatable bonds is 0. The Bertz CT molecular complexity index is 6.85. The van der Waals surface area contributed by atoms with Crippen LogP contribution in [-0.4, -0.2) is 0 Å². The Morgan fingerprint density at radius 3 is 0.600 bits per heavy atom. The van der Waals surface area contributed by atoms with Gasteiger partial charge in [0.15, 0.2) is 0 Å². The van der Waals surface area contributed by atoms with Gasteiger partial charge in [0.1, 0.15) is 0 Å². The first-order chi connectivity index (χ1) is 0. The molecule has 0 spiro atoms. The summed E-state index contributed by atoms with van der Waals surface area (Å²) in [4.78, 5) is 0. The normalized spacial score (nSPS) is 0. The van der Waals surface area contributed by atoms with E-state index >= 15 is 0 Å². The zero-order valence-electron chi connectivity index (χ0n) is 1.96. The van der Waals surface area contributed by atoms with E-state index in [4.69, 9.17) is 0 Å². The summed E-state index contributed by atoms with van der Waals surface area (Å²) in [5, 5.41) is 0. The molecular formula is EuFeO3. The molecule has 5 heteroatoms. The van der Waals surface area contributed by atoms with E-state index in [1.807, 2.05) is 0 Å². The van der Waals surface area contributed by atoms with Gasteiger partial charge in [0.2, 0.25) is 0 Å². The van der Waals surface area contributed by atoms with Gasteiger partial charge in [-0.05, 0) is 0 Å². The Morgan fingerprint density at radius 2 is 0.600 bits per heavy atom. The van der Waals surface area contributed by atoms with Crippen LogP contribution in [0.25, 0.3) is 0 Å². The van der Waals surface area contributed by atoms with E-state index in [1.165, 1.54) is 0 Å². The molecule has 0 aliphatic rings. The summed E-state index contributed by atoms with van der Waals surface area (Å²) in [6, 6.07) is 0. The van der Waals surface area contributed by atoms with Gasteiger partial charge in [0.25, 0.3) is 0 Å². The first-order valence-electron chi connectivity index (χ1n) is 0. The molecule has 3 nitrogen and oxygen atoms in total. The summed E-state index contributed by atoms with van der Waals surface area (Å²) in [5.41, 5.74) is 0. The minimum atomic E-state index is 0. The first kappa shape index (κ1) is 63.5. The second-order valence-corrected chi connectivity index (χ2v) is 0. The second kappa shape index (κ2) is 37.8. The van der Waals surface area contributed by atoms with Crippen LogP contribution in [-0.2, 0) is 33.5 Å². The third-order valence-corrected chi connectivity index (χ3v) is 0. The Kier molecular flexibility index (Phi) is 480. The monoisotopic (exact) mass is 257 g/mol. The Morgan fingerprint density at radius 1 is 0.600 bits per heavy atom. The van der Waals surface area contributed by atoms with Gasteiger partial charge < -0.3 is 16.4 Å². The summed E-state index contributed by atoms with van der Waals surface area (Å²) >= 11 is 0. The molecule has 0 heterocycles. The third kappa shape index (κ3) is 24.1. The molecule has 33 valence electrons. The van der Waals surface area contributed by atoms with Gasteiger partial charge in [-0.2, -0.15) is 0 Å². The molecule has 0 rings (SSSR count). The Labute approximate surface area is 81.4 Å². The second-order valence-electron chi connectivity index (χ2n) is 0. The predicted octanol–water partition coefficient (Wildman–Crippen LogP) is -0.359. The van der Waals surface area contributed by atoms with Crippen molar-refractivity contribution in [2.45, 2.75) is 0 Å². The van der Waals surface area contributed by atoms with E-state index in [0.717, 1.165) is 0 Å².